The highest BCUT2D eigenvalue weighted by Gasteiger charge is 2.33. The summed E-state index contributed by atoms with van der Waals surface area (Å²) in [4.78, 5) is 21.6. The van der Waals surface area contributed by atoms with Crippen LogP contribution in [0.2, 0.25) is 0 Å². The SMILES string of the molecule is COc1cc(Cc2cnc(N)nc2N)cc(C(=O)/C=C/N2N=Cc3ccccc3C2C2CCCC2)c1OC. The van der Waals surface area contributed by atoms with Crippen LogP contribution in [0.4, 0.5) is 11.8 Å². The molecular formula is C29H32N6O3. The number of allylic oxidation sites excluding steroid dienone is 1. The molecule has 1 unspecified atom stereocenters. The summed E-state index contributed by atoms with van der Waals surface area (Å²) in [5.74, 6) is 1.49. The number of nitrogens with zero attached hydrogens (tertiary/aromatic N) is 4. The van der Waals surface area contributed by atoms with Gasteiger partial charge in [0.05, 0.1) is 32.0 Å². The van der Waals surface area contributed by atoms with E-state index in [9.17, 15) is 4.79 Å². The fourth-order valence-electron chi connectivity index (χ4n) is 5.45. The van der Waals surface area contributed by atoms with Crippen LogP contribution < -0.4 is 20.9 Å². The van der Waals surface area contributed by atoms with Gasteiger partial charge in [0.1, 0.15) is 5.82 Å². The molecule has 0 amide bonds. The normalized spacial score (nSPS) is 17.1. The van der Waals surface area contributed by atoms with Crippen molar-refractivity contribution in [3.8, 4) is 11.5 Å². The number of anilines is 2. The fourth-order valence-corrected chi connectivity index (χ4v) is 5.45. The number of nitrogens with two attached hydrogens (primary N) is 2. The van der Waals surface area contributed by atoms with Gasteiger partial charge in [0.15, 0.2) is 17.3 Å². The maximum atomic E-state index is 13.6. The standard InChI is InChI=1S/C29H32N6O3/c1-37-25-15-18(13-21-16-32-29(31)34-28(21)30)14-23(27(25)38-2)24(36)11-12-35-26(19-7-3-4-8-19)22-10-6-5-9-20(22)17-33-35/h5-6,9-12,14-17,19,26H,3-4,7-8,13H2,1-2H3,(H4,30,31,32,34)/b12-11+. The van der Waals surface area contributed by atoms with E-state index in [4.69, 9.17) is 26.0 Å². The molecule has 0 bridgehead atoms. The van der Waals surface area contributed by atoms with Gasteiger partial charge in [-0.25, -0.2) is 4.98 Å². The number of ether oxygens (including phenoxy) is 2. The van der Waals surface area contributed by atoms with Crippen LogP contribution in [0.15, 0.2) is 60.0 Å². The summed E-state index contributed by atoms with van der Waals surface area (Å²) in [7, 11) is 3.06. The summed E-state index contributed by atoms with van der Waals surface area (Å²) in [6.07, 6.45) is 11.9. The molecule has 1 aromatic heterocycles. The maximum absolute atomic E-state index is 13.6. The predicted molar refractivity (Wildman–Crippen MR) is 147 cm³/mol. The smallest absolute Gasteiger partial charge is 0.221 e. The van der Waals surface area contributed by atoms with Gasteiger partial charge < -0.3 is 20.9 Å². The molecule has 1 saturated carbocycles. The molecule has 3 aromatic rings. The van der Waals surface area contributed by atoms with E-state index in [0.29, 0.717) is 40.8 Å². The van der Waals surface area contributed by atoms with Crippen molar-refractivity contribution >= 4 is 23.8 Å². The summed E-state index contributed by atoms with van der Waals surface area (Å²) in [6.45, 7) is 0. The second-order valence-electron chi connectivity index (χ2n) is 9.62. The van der Waals surface area contributed by atoms with E-state index in [-0.39, 0.29) is 17.8 Å². The molecule has 0 saturated heterocycles. The van der Waals surface area contributed by atoms with Crippen LogP contribution in [-0.4, -0.2) is 41.2 Å². The number of fused-ring (bicyclic) bond motifs is 1. The highest BCUT2D eigenvalue weighted by Crippen LogP contribution is 2.42. The van der Waals surface area contributed by atoms with Gasteiger partial charge in [-0.2, -0.15) is 10.1 Å². The third-order valence-electron chi connectivity index (χ3n) is 7.27. The molecule has 1 fully saturated rings. The first-order chi connectivity index (χ1) is 18.5. The highest BCUT2D eigenvalue weighted by molar-refractivity contribution is 6.07. The lowest BCUT2D eigenvalue weighted by Gasteiger charge is -2.35. The second-order valence-corrected chi connectivity index (χ2v) is 9.62. The van der Waals surface area contributed by atoms with E-state index >= 15 is 0 Å². The Labute approximate surface area is 222 Å². The monoisotopic (exact) mass is 512 g/mol. The molecule has 4 N–H and O–H groups in total. The summed E-state index contributed by atoms with van der Waals surface area (Å²) >= 11 is 0. The van der Waals surface area contributed by atoms with Crippen LogP contribution in [0.3, 0.4) is 0 Å². The van der Waals surface area contributed by atoms with Crippen molar-refractivity contribution in [1.29, 1.82) is 0 Å². The van der Waals surface area contributed by atoms with Crippen molar-refractivity contribution in [3.05, 3.63) is 82.7 Å². The lowest BCUT2D eigenvalue weighted by molar-refractivity contribution is 0.103. The van der Waals surface area contributed by atoms with Gasteiger partial charge >= 0.3 is 0 Å². The van der Waals surface area contributed by atoms with Crippen LogP contribution >= 0.6 is 0 Å². The largest absolute Gasteiger partial charge is 0.493 e. The van der Waals surface area contributed by atoms with Crippen LogP contribution in [0, 0.1) is 5.92 Å². The maximum Gasteiger partial charge on any atom is 0.221 e. The lowest BCUT2D eigenvalue weighted by Crippen LogP contribution is -2.29. The van der Waals surface area contributed by atoms with Crippen molar-refractivity contribution < 1.29 is 14.3 Å². The molecule has 0 spiro atoms. The number of nitrogen functional groups attached to an aromatic ring is 2. The number of carbonyl (C=O) groups is 1. The number of ketones is 1. The third-order valence-corrected chi connectivity index (χ3v) is 7.27. The Morgan fingerprint density at radius 3 is 2.66 bits per heavy atom. The molecule has 9 heteroatoms. The number of carbonyl (C=O) groups excluding carboxylic acids is 1. The summed E-state index contributed by atoms with van der Waals surface area (Å²) < 4.78 is 11.1. The molecule has 5 rings (SSSR count). The molecular weight excluding hydrogens is 480 g/mol. The Kier molecular flexibility index (Phi) is 7.26. The van der Waals surface area contributed by atoms with Crippen LogP contribution in [0.1, 0.15) is 64.3 Å². The Morgan fingerprint density at radius 1 is 1.13 bits per heavy atom. The molecule has 1 aliphatic carbocycles. The lowest BCUT2D eigenvalue weighted by atomic mass is 9.88. The Bertz CT molecular complexity index is 1400. The molecule has 38 heavy (non-hydrogen) atoms. The van der Waals surface area contributed by atoms with Gasteiger partial charge in [-0.3, -0.25) is 9.80 Å². The number of benzene rings is 2. The number of methoxy groups -OCH3 is 2. The van der Waals surface area contributed by atoms with Gasteiger partial charge in [-0.05, 0) is 47.6 Å². The molecule has 196 valence electrons. The van der Waals surface area contributed by atoms with E-state index in [0.717, 1.165) is 24.0 Å². The van der Waals surface area contributed by atoms with Crippen molar-refractivity contribution in [3.63, 3.8) is 0 Å². The minimum atomic E-state index is -0.220. The third kappa shape index (κ3) is 5.04. The second kappa shape index (κ2) is 10.9. The predicted octanol–water partition coefficient (Wildman–Crippen LogP) is 4.53. The molecule has 2 aromatic carbocycles. The summed E-state index contributed by atoms with van der Waals surface area (Å²) in [6, 6.07) is 12.0. The number of hydrazone groups is 1. The Hall–Kier alpha value is -4.40. The number of aromatic nitrogens is 2. The first-order valence-corrected chi connectivity index (χ1v) is 12.7. The minimum Gasteiger partial charge on any atom is -0.493 e. The molecule has 1 aliphatic heterocycles. The van der Waals surface area contributed by atoms with Gasteiger partial charge in [-0.15, -0.1) is 0 Å². The molecule has 2 aliphatic rings. The van der Waals surface area contributed by atoms with Crippen molar-refractivity contribution in [2.45, 2.75) is 38.1 Å². The fraction of sp³-hybridized carbons (Fsp3) is 0.310. The van der Waals surface area contributed by atoms with Gasteiger partial charge in [0.25, 0.3) is 0 Å². The quantitative estimate of drug-likeness (QED) is 0.333. The van der Waals surface area contributed by atoms with Gasteiger partial charge in [0.2, 0.25) is 5.95 Å². The van der Waals surface area contributed by atoms with Crippen molar-refractivity contribution in [2.24, 2.45) is 11.0 Å². The van der Waals surface area contributed by atoms with Crippen molar-refractivity contribution in [1.82, 2.24) is 15.0 Å². The van der Waals surface area contributed by atoms with E-state index in [1.807, 2.05) is 23.4 Å². The average Bonchev–Trinajstić information content (AvgIpc) is 3.47. The van der Waals surface area contributed by atoms with E-state index in [2.05, 4.69) is 28.2 Å². The van der Waals surface area contributed by atoms with E-state index in [1.165, 1.54) is 25.5 Å². The summed E-state index contributed by atoms with van der Waals surface area (Å²) in [5, 5.41) is 6.63. The number of hydrogen-bond donors (Lipinski definition) is 2. The molecule has 9 nitrogen and oxygen atoms in total. The Morgan fingerprint density at radius 2 is 1.92 bits per heavy atom. The van der Waals surface area contributed by atoms with Crippen LogP contribution in [-0.2, 0) is 6.42 Å². The topological polar surface area (TPSA) is 129 Å². The van der Waals surface area contributed by atoms with Gasteiger partial charge in [-0.1, -0.05) is 37.1 Å². The summed E-state index contributed by atoms with van der Waals surface area (Å²) in [5.41, 5.74) is 15.9. The molecule has 2 heterocycles. The number of rotatable bonds is 8. The van der Waals surface area contributed by atoms with Gasteiger partial charge in [0, 0.05) is 30.5 Å². The van der Waals surface area contributed by atoms with Crippen LogP contribution in [0.5, 0.6) is 11.5 Å². The highest BCUT2D eigenvalue weighted by atomic mass is 16.5. The van der Waals surface area contributed by atoms with Crippen molar-refractivity contribution in [2.75, 3.05) is 25.7 Å². The minimum absolute atomic E-state index is 0.0963. The molecule has 1 atom stereocenters. The van der Waals surface area contributed by atoms with Crippen LogP contribution in [0.25, 0.3) is 0 Å². The van der Waals surface area contributed by atoms with E-state index in [1.54, 1.807) is 31.6 Å². The zero-order valence-electron chi connectivity index (χ0n) is 21.6. The first-order valence-electron chi connectivity index (χ1n) is 12.7. The first kappa shape index (κ1) is 25.3. The average molecular weight is 513 g/mol. The number of hydrogen-bond acceptors (Lipinski definition) is 9. The zero-order chi connectivity index (χ0) is 26.6. The Balaban J connectivity index is 1.46. The van der Waals surface area contributed by atoms with E-state index < -0.39 is 0 Å². The zero-order valence-corrected chi connectivity index (χ0v) is 21.6. The molecule has 0 radical (unpaired) electrons.